The lowest BCUT2D eigenvalue weighted by Gasteiger charge is -2.01. The van der Waals surface area contributed by atoms with Crippen molar-refractivity contribution in [1.82, 2.24) is 0 Å². The van der Waals surface area contributed by atoms with Crippen LogP contribution in [0.3, 0.4) is 0 Å². The lowest BCUT2D eigenvalue weighted by atomic mass is 10.1. The van der Waals surface area contributed by atoms with Gasteiger partial charge in [0.15, 0.2) is 0 Å². The molecule has 14 heavy (non-hydrogen) atoms. The van der Waals surface area contributed by atoms with E-state index in [-0.39, 0.29) is 22.2 Å². The molecule has 0 atom stereocenters. The molecule has 0 N–H and O–H groups in total. The Morgan fingerprint density at radius 1 is 1.43 bits per heavy atom. The molecule has 0 radical (unpaired) electrons. The first-order valence-corrected chi connectivity index (χ1v) is 4.31. The Morgan fingerprint density at radius 3 is 2.57 bits per heavy atom. The van der Waals surface area contributed by atoms with Crippen molar-refractivity contribution < 1.29 is 4.92 Å². The highest BCUT2D eigenvalue weighted by Crippen LogP contribution is 2.34. The molecular weight excluding hydrogens is 227 g/mol. The molecule has 0 unspecified atom stereocenters. The summed E-state index contributed by atoms with van der Waals surface area (Å²) < 4.78 is 0. The molecule has 0 saturated carbocycles. The van der Waals surface area contributed by atoms with Gasteiger partial charge in [0.2, 0.25) is 0 Å². The standard InChI is InChI=1S/C8H4Cl2N2O2/c9-7-5(3-4-11)1-2-6(8(7)10)12(13)14/h1-2H,3H2. The number of nitro benzene ring substituents is 1. The van der Waals surface area contributed by atoms with E-state index >= 15 is 0 Å². The molecule has 1 rings (SSSR count). The predicted octanol–water partition coefficient (Wildman–Crippen LogP) is 2.97. The second-order valence-corrected chi connectivity index (χ2v) is 3.22. The summed E-state index contributed by atoms with van der Waals surface area (Å²) in [6, 6.07) is 4.55. The van der Waals surface area contributed by atoms with Gasteiger partial charge in [-0.15, -0.1) is 0 Å². The summed E-state index contributed by atoms with van der Waals surface area (Å²) in [5, 5.41) is 18.8. The molecule has 0 aliphatic rings. The van der Waals surface area contributed by atoms with E-state index < -0.39 is 4.92 Å². The van der Waals surface area contributed by atoms with Crippen LogP contribution in [-0.2, 0) is 6.42 Å². The van der Waals surface area contributed by atoms with E-state index in [1.807, 2.05) is 6.07 Å². The van der Waals surface area contributed by atoms with Gasteiger partial charge < -0.3 is 0 Å². The van der Waals surface area contributed by atoms with Gasteiger partial charge in [-0.25, -0.2) is 0 Å². The minimum atomic E-state index is -0.621. The minimum absolute atomic E-state index is 0.0717. The van der Waals surface area contributed by atoms with Crippen molar-refractivity contribution in [3.05, 3.63) is 37.9 Å². The zero-order valence-electron chi connectivity index (χ0n) is 6.83. The van der Waals surface area contributed by atoms with Crippen molar-refractivity contribution in [3.8, 4) is 6.07 Å². The molecule has 0 aromatic heterocycles. The van der Waals surface area contributed by atoms with E-state index in [4.69, 9.17) is 28.5 Å². The van der Waals surface area contributed by atoms with Gasteiger partial charge in [-0.3, -0.25) is 10.1 Å². The van der Waals surface area contributed by atoms with Crippen LogP contribution in [0.2, 0.25) is 10.0 Å². The maximum absolute atomic E-state index is 10.4. The number of benzene rings is 1. The highest BCUT2D eigenvalue weighted by molar-refractivity contribution is 6.43. The summed E-state index contributed by atoms with van der Waals surface area (Å²) in [5.74, 6) is 0. The van der Waals surface area contributed by atoms with Crippen LogP contribution in [0.1, 0.15) is 5.56 Å². The summed E-state index contributed by atoms with van der Waals surface area (Å²) in [7, 11) is 0. The van der Waals surface area contributed by atoms with Gasteiger partial charge in [0.05, 0.1) is 22.4 Å². The number of halogens is 2. The highest BCUT2D eigenvalue weighted by atomic mass is 35.5. The largest absolute Gasteiger partial charge is 0.289 e. The molecule has 0 fully saturated rings. The Labute approximate surface area is 89.8 Å². The molecule has 0 heterocycles. The second-order valence-electron chi connectivity index (χ2n) is 2.46. The fourth-order valence-corrected chi connectivity index (χ4v) is 1.42. The van der Waals surface area contributed by atoms with E-state index in [0.29, 0.717) is 5.56 Å². The van der Waals surface area contributed by atoms with Crippen molar-refractivity contribution >= 4 is 28.9 Å². The first-order chi connectivity index (χ1) is 6.57. The monoisotopic (exact) mass is 230 g/mol. The number of nitriles is 1. The third-order valence-electron chi connectivity index (χ3n) is 1.61. The molecule has 1 aromatic rings. The maximum atomic E-state index is 10.4. The van der Waals surface area contributed by atoms with E-state index in [1.165, 1.54) is 12.1 Å². The van der Waals surface area contributed by atoms with Crippen LogP contribution in [-0.4, -0.2) is 4.92 Å². The Balaban J connectivity index is 3.27. The molecule has 0 aliphatic carbocycles. The number of nitrogens with zero attached hydrogens (tertiary/aromatic N) is 2. The molecule has 6 heteroatoms. The van der Waals surface area contributed by atoms with Gasteiger partial charge in [0.25, 0.3) is 5.69 Å². The van der Waals surface area contributed by atoms with E-state index in [2.05, 4.69) is 0 Å². The van der Waals surface area contributed by atoms with Gasteiger partial charge in [0, 0.05) is 6.07 Å². The number of nitro groups is 1. The van der Waals surface area contributed by atoms with Crippen molar-refractivity contribution in [3.63, 3.8) is 0 Å². The van der Waals surface area contributed by atoms with E-state index in [1.54, 1.807) is 0 Å². The SMILES string of the molecule is N#CCc1ccc([N+](=O)[O-])c(Cl)c1Cl. The second kappa shape index (κ2) is 4.27. The van der Waals surface area contributed by atoms with Crippen LogP contribution in [0.25, 0.3) is 0 Å². The van der Waals surface area contributed by atoms with Crippen molar-refractivity contribution in [1.29, 1.82) is 5.26 Å². The van der Waals surface area contributed by atoms with Crippen LogP contribution in [0, 0.1) is 21.4 Å². The van der Waals surface area contributed by atoms with Gasteiger partial charge >= 0.3 is 0 Å². The van der Waals surface area contributed by atoms with E-state index in [0.717, 1.165) is 0 Å². The Bertz CT molecular complexity index is 426. The molecule has 72 valence electrons. The molecule has 0 spiro atoms. The number of hydrogen-bond donors (Lipinski definition) is 0. The average Bonchev–Trinajstić information content (AvgIpc) is 2.13. The highest BCUT2D eigenvalue weighted by Gasteiger charge is 2.17. The predicted molar refractivity (Wildman–Crippen MR) is 52.4 cm³/mol. The van der Waals surface area contributed by atoms with Gasteiger partial charge in [-0.2, -0.15) is 5.26 Å². The Kier molecular flexibility index (Phi) is 3.28. The number of rotatable bonds is 2. The fourth-order valence-electron chi connectivity index (χ4n) is 0.942. The van der Waals surface area contributed by atoms with Gasteiger partial charge in [-0.1, -0.05) is 23.2 Å². The fraction of sp³-hybridized carbons (Fsp3) is 0.125. The molecule has 0 aliphatic heterocycles. The summed E-state index contributed by atoms with van der Waals surface area (Å²) in [4.78, 5) is 9.82. The Morgan fingerprint density at radius 2 is 2.07 bits per heavy atom. The third-order valence-corrected chi connectivity index (χ3v) is 2.52. The molecule has 0 saturated heterocycles. The van der Waals surface area contributed by atoms with Crippen LogP contribution in [0.15, 0.2) is 12.1 Å². The zero-order valence-corrected chi connectivity index (χ0v) is 8.34. The normalized spacial score (nSPS) is 9.50. The first-order valence-electron chi connectivity index (χ1n) is 3.56. The van der Waals surface area contributed by atoms with Crippen molar-refractivity contribution in [2.75, 3.05) is 0 Å². The first kappa shape index (κ1) is 10.8. The van der Waals surface area contributed by atoms with E-state index in [9.17, 15) is 10.1 Å². The minimum Gasteiger partial charge on any atom is -0.258 e. The summed E-state index contributed by atoms with van der Waals surface area (Å²) in [6.45, 7) is 0. The summed E-state index contributed by atoms with van der Waals surface area (Å²) >= 11 is 11.4. The molecule has 1 aromatic carbocycles. The zero-order chi connectivity index (χ0) is 10.7. The summed E-state index contributed by atoms with van der Waals surface area (Å²) in [5.41, 5.74) is 0.239. The van der Waals surface area contributed by atoms with Gasteiger partial charge in [-0.05, 0) is 11.6 Å². The molecule has 4 nitrogen and oxygen atoms in total. The van der Waals surface area contributed by atoms with Crippen LogP contribution in [0.5, 0.6) is 0 Å². The third kappa shape index (κ3) is 1.95. The lowest BCUT2D eigenvalue weighted by Crippen LogP contribution is -1.92. The lowest BCUT2D eigenvalue weighted by molar-refractivity contribution is -0.384. The average molecular weight is 231 g/mol. The molecular formula is C8H4Cl2N2O2. The maximum Gasteiger partial charge on any atom is 0.289 e. The van der Waals surface area contributed by atoms with Crippen LogP contribution >= 0.6 is 23.2 Å². The van der Waals surface area contributed by atoms with Crippen LogP contribution in [0.4, 0.5) is 5.69 Å². The number of hydrogen-bond acceptors (Lipinski definition) is 3. The van der Waals surface area contributed by atoms with Crippen LogP contribution < -0.4 is 0 Å². The molecule has 0 bridgehead atoms. The van der Waals surface area contributed by atoms with Crippen molar-refractivity contribution in [2.45, 2.75) is 6.42 Å². The van der Waals surface area contributed by atoms with Crippen molar-refractivity contribution in [2.24, 2.45) is 0 Å². The van der Waals surface area contributed by atoms with Gasteiger partial charge in [0.1, 0.15) is 5.02 Å². The summed E-state index contributed by atoms with van der Waals surface area (Å²) in [6.07, 6.45) is 0.0799. The Hall–Kier alpha value is -1.31. The quantitative estimate of drug-likeness (QED) is 0.580. The molecule has 0 amide bonds. The topological polar surface area (TPSA) is 66.9 Å². The smallest absolute Gasteiger partial charge is 0.258 e.